The highest BCUT2D eigenvalue weighted by Crippen LogP contribution is 2.48. The number of rotatable bonds is 2. The molecule has 2 atom stereocenters. The third-order valence-corrected chi connectivity index (χ3v) is 4.43. The van der Waals surface area contributed by atoms with Crippen molar-refractivity contribution in [1.29, 1.82) is 0 Å². The summed E-state index contributed by atoms with van der Waals surface area (Å²) in [4.78, 5) is 14.1. The summed E-state index contributed by atoms with van der Waals surface area (Å²) in [7, 11) is 0. The topological polar surface area (TPSA) is 40.5 Å². The molecule has 1 aliphatic carbocycles. The Morgan fingerprint density at radius 1 is 1.56 bits per heavy atom. The van der Waals surface area contributed by atoms with Crippen LogP contribution in [0, 0.1) is 5.41 Å². The molecule has 3 heteroatoms. The summed E-state index contributed by atoms with van der Waals surface area (Å²) in [5.74, 6) is 0.157. The van der Waals surface area contributed by atoms with Gasteiger partial charge in [-0.1, -0.05) is 12.5 Å². The van der Waals surface area contributed by atoms with E-state index < -0.39 is 0 Å². The third kappa shape index (κ3) is 1.58. The number of carbonyl (C=O) groups is 1. The van der Waals surface area contributed by atoms with Gasteiger partial charge >= 0.3 is 0 Å². The molecule has 0 aromatic rings. The molecule has 0 aromatic heterocycles. The van der Waals surface area contributed by atoms with Gasteiger partial charge in [0.15, 0.2) is 0 Å². The number of hydrogen-bond donors (Lipinski definition) is 1. The number of nitrogens with zero attached hydrogens (tertiary/aromatic N) is 1. The first-order chi connectivity index (χ1) is 7.64. The molecule has 1 heterocycles. The molecule has 1 N–H and O–H groups in total. The van der Waals surface area contributed by atoms with Gasteiger partial charge in [0, 0.05) is 23.6 Å². The minimum Gasteiger partial charge on any atom is -0.396 e. The van der Waals surface area contributed by atoms with Crippen molar-refractivity contribution in [3.05, 3.63) is 11.6 Å². The fraction of sp³-hybridized carbons (Fsp3) is 0.769. The second-order valence-corrected chi connectivity index (χ2v) is 5.15. The first kappa shape index (κ1) is 11.6. The summed E-state index contributed by atoms with van der Waals surface area (Å²) in [6.45, 7) is 4.82. The van der Waals surface area contributed by atoms with E-state index in [2.05, 4.69) is 0 Å². The number of hydrogen-bond acceptors (Lipinski definition) is 2. The molecule has 2 aliphatic rings. The number of allylic oxidation sites excluding steroid dienone is 1. The Hall–Kier alpha value is -0.830. The van der Waals surface area contributed by atoms with Gasteiger partial charge in [0.25, 0.3) is 0 Å². The number of aliphatic hydroxyl groups excluding tert-OH is 1. The minimum absolute atomic E-state index is 0.0175. The van der Waals surface area contributed by atoms with Crippen molar-refractivity contribution in [2.45, 2.75) is 45.6 Å². The maximum atomic E-state index is 12.2. The minimum atomic E-state index is 0.0175. The van der Waals surface area contributed by atoms with Crippen LogP contribution in [-0.4, -0.2) is 35.1 Å². The van der Waals surface area contributed by atoms with Gasteiger partial charge in [-0.05, 0) is 33.1 Å². The van der Waals surface area contributed by atoms with Crippen molar-refractivity contribution >= 4 is 5.91 Å². The quantitative estimate of drug-likeness (QED) is 0.724. The van der Waals surface area contributed by atoms with E-state index in [1.165, 1.54) is 0 Å². The molecule has 0 spiro atoms. The zero-order chi connectivity index (χ0) is 11.8. The molecule has 90 valence electrons. The van der Waals surface area contributed by atoms with Gasteiger partial charge in [-0.2, -0.15) is 0 Å². The van der Waals surface area contributed by atoms with Crippen LogP contribution >= 0.6 is 0 Å². The lowest BCUT2D eigenvalue weighted by Crippen LogP contribution is -2.41. The Morgan fingerprint density at radius 2 is 2.31 bits per heavy atom. The van der Waals surface area contributed by atoms with Crippen LogP contribution in [0.2, 0.25) is 0 Å². The van der Waals surface area contributed by atoms with Crippen LogP contribution in [0.4, 0.5) is 0 Å². The maximum Gasteiger partial charge on any atom is 0.249 e. The Balaban J connectivity index is 2.18. The van der Waals surface area contributed by atoms with Crippen molar-refractivity contribution in [2.24, 2.45) is 5.41 Å². The van der Waals surface area contributed by atoms with Crippen LogP contribution in [0.3, 0.4) is 0 Å². The van der Waals surface area contributed by atoms with Gasteiger partial charge in [0.2, 0.25) is 5.91 Å². The smallest absolute Gasteiger partial charge is 0.249 e. The predicted octanol–water partition coefficient (Wildman–Crippen LogP) is 1.72. The molecule has 1 saturated carbocycles. The lowest BCUT2D eigenvalue weighted by Gasteiger charge is -2.30. The van der Waals surface area contributed by atoms with Gasteiger partial charge < -0.3 is 10.0 Å². The normalized spacial score (nSPS) is 34.3. The molecule has 0 unspecified atom stereocenters. The van der Waals surface area contributed by atoms with Gasteiger partial charge in [0.05, 0.1) is 6.61 Å². The summed E-state index contributed by atoms with van der Waals surface area (Å²) in [5.41, 5.74) is 0.838. The molecular weight excluding hydrogens is 202 g/mol. The van der Waals surface area contributed by atoms with E-state index in [4.69, 9.17) is 0 Å². The van der Waals surface area contributed by atoms with Gasteiger partial charge in [-0.3, -0.25) is 4.79 Å². The van der Waals surface area contributed by atoms with Crippen molar-refractivity contribution in [3.63, 3.8) is 0 Å². The Labute approximate surface area is 97.1 Å². The van der Waals surface area contributed by atoms with Crippen LogP contribution in [0.1, 0.15) is 39.5 Å². The van der Waals surface area contributed by atoms with E-state index in [0.717, 1.165) is 37.8 Å². The molecule has 0 bridgehead atoms. The molecule has 1 amide bonds. The summed E-state index contributed by atoms with van der Waals surface area (Å²) in [5, 5.41) is 9.57. The van der Waals surface area contributed by atoms with Crippen molar-refractivity contribution in [3.8, 4) is 0 Å². The van der Waals surface area contributed by atoms with Crippen molar-refractivity contribution in [1.82, 2.24) is 4.90 Å². The summed E-state index contributed by atoms with van der Waals surface area (Å²) >= 11 is 0. The zero-order valence-electron chi connectivity index (χ0n) is 10.2. The molecule has 1 aliphatic heterocycles. The van der Waals surface area contributed by atoms with E-state index in [-0.39, 0.29) is 24.0 Å². The van der Waals surface area contributed by atoms with Crippen LogP contribution in [-0.2, 0) is 4.79 Å². The third-order valence-electron chi connectivity index (χ3n) is 4.43. The van der Waals surface area contributed by atoms with E-state index in [1.807, 2.05) is 24.8 Å². The molecule has 2 rings (SSSR count). The predicted molar refractivity (Wildman–Crippen MR) is 62.9 cm³/mol. The summed E-state index contributed by atoms with van der Waals surface area (Å²) < 4.78 is 0. The zero-order valence-corrected chi connectivity index (χ0v) is 10.2. The number of aliphatic hydroxyl groups is 1. The average Bonchev–Trinajstić information content (AvgIpc) is 2.85. The number of fused-ring (bicyclic) bond motifs is 1. The highest BCUT2D eigenvalue weighted by molar-refractivity contribution is 5.93. The van der Waals surface area contributed by atoms with Gasteiger partial charge in [-0.15, -0.1) is 0 Å². The SMILES string of the molecule is C/C=C(\C)C(=O)N1CC[C@@]2(CO)CCC[C@@H]12. The second kappa shape index (κ2) is 4.21. The van der Waals surface area contributed by atoms with Crippen LogP contribution in [0.5, 0.6) is 0 Å². The van der Waals surface area contributed by atoms with Crippen LogP contribution < -0.4 is 0 Å². The summed E-state index contributed by atoms with van der Waals surface area (Å²) in [6.07, 6.45) is 6.12. The van der Waals surface area contributed by atoms with Crippen LogP contribution in [0.25, 0.3) is 0 Å². The molecule has 2 fully saturated rings. The van der Waals surface area contributed by atoms with Gasteiger partial charge in [-0.25, -0.2) is 0 Å². The van der Waals surface area contributed by atoms with Crippen molar-refractivity contribution < 1.29 is 9.90 Å². The molecule has 1 saturated heterocycles. The van der Waals surface area contributed by atoms with Gasteiger partial charge in [0.1, 0.15) is 0 Å². The lowest BCUT2D eigenvalue weighted by molar-refractivity contribution is -0.128. The first-order valence-corrected chi connectivity index (χ1v) is 6.19. The molecule has 3 nitrogen and oxygen atoms in total. The summed E-state index contributed by atoms with van der Waals surface area (Å²) in [6, 6.07) is 0.278. The Kier molecular flexibility index (Phi) is 3.06. The monoisotopic (exact) mass is 223 g/mol. The number of carbonyl (C=O) groups excluding carboxylic acids is 1. The molecule has 0 radical (unpaired) electrons. The highest BCUT2D eigenvalue weighted by atomic mass is 16.3. The second-order valence-electron chi connectivity index (χ2n) is 5.15. The molecular formula is C13H21NO2. The van der Waals surface area contributed by atoms with E-state index >= 15 is 0 Å². The average molecular weight is 223 g/mol. The Bertz CT molecular complexity index is 324. The fourth-order valence-corrected chi connectivity index (χ4v) is 3.25. The Morgan fingerprint density at radius 3 is 2.94 bits per heavy atom. The first-order valence-electron chi connectivity index (χ1n) is 6.19. The standard InChI is InChI=1S/C13H21NO2/c1-3-10(2)12(16)14-8-7-13(9-15)6-4-5-11(13)14/h3,11,15H,4-9H2,1-2H3/b10-3+/t11-,13-/m1/s1. The molecule has 16 heavy (non-hydrogen) atoms. The van der Waals surface area contributed by atoms with Crippen LogP contribution in [0.15, 0.2) is 11.6 Å². The number of amides is 1. The largest absolute Gasteiger partial charge is 0.396 e. The molecule has 0 aromatic carbocycles. The lowest BCUT2D eigenvalue weighted by atomic mass is 9.83. The fourth-order valence-electron chi connectivity index (χ4n) is 3.25. The highest BCUT2D eigenvalue weighted by Gasteiger charge is 2.51. The van der Waals surface area contributed by atoms with E-state index in [0.29, 0.717) is 0 Å². The maximum absolute atomic E-state index is 12.2. The van der Waals surface area contributed by atoms with E-state index in [1.54, 1.807) is 0 Å². The number of likely N-dealkylation sites (tertiary alicyclic amines) is 1. The van der Waals surface area contributed by atoms with E-state index in [9.17, 15) is 9.90 Å². The van der Waals surface area contributed by atoms with Crippen molar-refractivity contribution in [2.75, 3.05) is 13.2 Å².